The second kappa shape index (κ2) is 3.93. The number of nitrogens with one attached hydrogen (secondary N) is 1. The Kier molecular flexibility index (Phi) is 2.65. The first-order valence-corrected chi connectivity index (χ1v) is 5.05. The SMILES string of the molecule is Cc1c[c]c(C2CCNCC2)cc1. The number of aryl methyl sites for hydroxylation is 1. The zero-order valence-corrected chi connectivity index (χ0v) is 8.14. The molecule has 1 aromatic rings. The highest BCUT2D eigenvalue weighted by atomic mass is 14.9. The van der Waals surface area contributed by atoms with Crippen LogP contribution in [-0.2, 0) is 0 Å². The Morgan fingerprint density at radius 1 is 1.31 bits per heavy atom. The van der Waals surface area contributed by atoms with Gasteiger partial charge in [-0.3, -0.25) is 0 Å². The minimum atomic E-state index is 0.738. The molecule has 0 atom stereocenters. The van der Waals surface area contributed by atoms with E-state index in [0.29, 0.717) is 0 Å². The van der Waals surface area contributed by atoms with Crippen LogP contribution < -0.4 is 5.32 Å². The first-order chi connectivity index (χ1) is 6.36. The third-order valence-corrected chi connectivity index (χ3v) is 2.77. The summed E-state index contributed by atoms with van der Waals surface area (Å²) in [7, 11) is 0. The molecular formula is C12H16N. The molecular weight excluding hydrogens is 158 g/mol. The molecule has 1 radical (unpaired) electrons. The standard InChI is InChI=1S/C12H16N/c1-10-2-4-11(5-3-10)12-6-8-13-9-7-12/h2-4,12-13H,6-9H2,1H3. The van der Waals surface area contributed by atoms with Crippen LogP contribution in [0.15, 0.2) is 18.2 Å². The summed E-state index contributed by atoms with van der Waals surface area (Å²) < 4.78 is 0. The fourth-order valence-corrected chi connectivity index (χ4v) is 1.90. The van der Waals surface area contributed by atoms with E-state index in [1.807, 2.05) is 0 Å². The van der Waals surface area contributed by atoms with Crippen LogP contribution in [0.3, 0.4) is 0 Å². The average molecular weight is 174 g/mol. The lowest BCUT2D eigenvalue weighted by Gasteiger charge is -2.22. The highest BCUT2D eigenvalue weighted by Gasteiger charge is 2.14. The molecule has 1 heterocycles. The lowest BCUT2D eigenvalue weighted by Crippen LogP contribution is -2.26. The molecule has 1 saturated heterocycles. The molecule has 0 saturated carbocycles. The number of rotatable bonds is 1. The predicted octanol–water partition coefficient (Wildman–Crippen LogP) is 2.26. The van der Waals surface area contributed by atoms with Crippen LogP contribution in [0.1, 0.15) is 29.9 Å². The van der Waals surface area contributed by atoms with Gasteiger partial charge in [-0.05, 0) is 50.4 Å². The van der Waals surface area contributed by atoms with Crippen molar-refractivity contribution in [1.29, 1.82) is 0 Å². The van der Waals surface area contributed by atoms with Gasteiger partial charge in [-0.25, -0.2) is 0 Å². The van der Waals surface area contributed by atoms with E-state index < -0.39 is 0 Å². The van der Waals surface area contributed by atoms with E-state index in [-0.39, 0.29) is 0 Å². The molecule has 1 aromatic carbocycles. The first kappa shape index (κ1) is 8.76. The van der Waals surface area contributed by atoms with Gasteiger partial charge in [0.25, 0.3) is 0 Å². The van der Waals surface area contributed by atoms with Crippen LogP contribution in [0.2, 0.25) is 0 Å². The fourth-order valence-electron chi connectivity index (χ4n) is 1.90. The first-order valence-electron chi connectivity index (χ1n) is 5.05. The maximum Gasteiger partial charge on any atom is -0.00431 e. The number of benzene rings is 1. The van der Waals surface area contributed by atoms with E-state index in [2.05, 4.69) is 36.5 Å². The highest BCUT2D eigenvalue weighted by molar-refractivity contribution is 5.23. The van der Waals surface area contributed by atoms with Gasteiger partial charge in [0, 0.05) is 0 Å². The van der Waals surface area contributed by atoms with E-state index in [0.717, 1.165) is 19.0 Å². The van der Waals surface area contributed by atoms with Gasteiger partial charge in [0.15, 0.2) is 0 Å². The molecule has 1 nitrogen and oxygen atoms in total. The van der Waals surface area contributed by atoms with E-state index in [1.165, 1.54) is 24.0 Å². The van der Waals surface area contributed by atoms with E-state index >= 15 is 0 Å². The summed E-state index contributed by atoms with van der Waals surface area (Å²) in [4.78, 5) is 0. The molecule has 1 N–H and O–H groups in total. The molecule has 0 spiro atoms. The molecule has 0 bridgehead atoms. The van der Waals surface area contributed by atoms with Crippen molar-refractivity contribution in [2.24, 2.45) is 0 Å². The van der Waals surface area contributed by atoms with Crippen LogP contribution >= 0.6 is 0 Å². The molecule has 1 aliphatic rings. The van der Waals surface area contributed by atoms with E-state index in [1.54, 1.807) is 0 Å². The Bertz CT molecular complexity index is 257. The van der Waals surface area contributed by atoms with Gasteiger partial charge < -0.3 is 5.32 Å². The maximum absolute atomic E-state index is 3.38. The topological polar surface area (TPSA) is 12.0 Å². The van der Waals surface area contributed by atoms with Crippen molar-refractivity contribution in [2.75, 3.05) is 13.1 Å². The molecule has 1 aliphatic heterocycles. The smallest absolute Gasteiger partial charge is 0.00431 e. The van der Waals surface area contributed by atoms with Crippen molar-refractivity contribution in [3.8, 4) is 0 Å². The molecule has 0 amide bonds. The van der Waals surface area contributed by atoms with Crippen molar-refractivity contribution >= 4 is 0 Å². The van der Waals surface area contributed by atoms with Crippen molar-refractivity contribution in [1.82, 2.24) is 5.32 Å². The van der Waals surface area contributed by atoms with E-state index in [4.69, 9.17) is 0 Å². The zero-order chi connectivity index (χ0) is 9.10. The van der Waals surface area contributed by atoms with Gasteiger partial charge in [0.05, 0.1) is 0 Å². The monoisotopic (exact) mass is 174 g/mol. The summed E-state index contributed by atoms with van der Waals surface area (Å²) >= 11 is 0. The van der Waals surface area contributed by atoms with Gasteiger partial charge >= 0.3 is 0 Å². The average Bonchev–Trinajstić information content (AvgIpc) is 2.20. The maximum atomic E-state index is 3.38. The Balaban J connectivity index is 2.10. The summed E-state index contributed by atoms with van der Waals surface area (Å²) in [6, 6.07) is 9.89. The van der Waals surface area contributed by atoms with Crippen LogP contribution in [-0.4, -0.2) is 13.1 Å². The molecule has 0 aliphatic carbocycles. The fraction of sp³-hybridized carbons (Fsp3) is 0.500. The van der Waals surface area contributed by atoms with Gasteiger partial charge in [0.2, 0.25) is 0 Å². The third-order valence-electron chi connectivity index (χ3n) is 2.77. The Labute approximate surface area is 80.2 Å². The molecule has 13 heavy (non-hydrogen) atoms. The van der Waals surface area contributed by atoms with Crippen molar-refractivity contribution < 1.29 is 0 Å². The summed E-state index contributed by atoms with van der Waals surface area (Å²) in [6.45, 7) is 4.43. The molecule has 0 aromatic heterocycles. The predicted molar refractivity (Wildman–Crippen MR) is 54.9 cm³/mol. The number of hydrogen-bond acceptors (Lipinski definition) is 1. The lowest BCUT2D eigenvalue weighted by atomic mass is 9.90. The van der Waals surface area contributed by atoms with E-state index in [9.17, 15) is 0 Å². The van der Waals surface area contributed by atoms with Gasteiger partial charge in [0.1, 0.15) is 0 Å². The normalized spacial score (nSPS) is 18.8. The molecule has 2 rings (SSSR count). The van der Waals surface area contributed by atoms with Crippen LogP contribution in [0.5, 0.6) is 0 Å². The van der Waals surface area contributed by atoms with Gasteiger partial charge in [-0.2, -0.15) is 0 Å². The Morgan fingerprint density at radius 2 is 2.08 bits per heavy atom. The second-order valence-corrected chi connectivity index (χ2v) is 3.85. The van der Waals surface area contributed by atoms with Gasteiger partial charge in [-0.15, -0.1) is 0 Å². The van der Waals surface area contributed by atoms with Crippen LogP contribution in [0.4, 0.5) is 0 Å². The summed E-state index contributed by atoms with van der Waals surface area (Å²) in [6.07, 6.45) is 2.53. The molecule has 0 unspecified atom stereocenters. The Hall–Kier alpha value is -0.820. The van der Waals surface area contributed by atoms with Gasteiger partial charge in [-0.1, -0.05) is 23.8 Å². The van der Waals surface area contributed by atoms with Crippen LogP contribution in [0.25, 0.3) is 0 Å². The minimum absolute atomic E-state index is 0.738. The summed E-state index contributed by atoms with van der Waals surface area (Å²) in [5, 5.41) is 3.38. The molecule has 1 heteroatoms. The zero-order valence-electron chi connectivity index (χ0n) is 8.14. The Morgan fingerprint density at radius 3 is 2.69 bits per heavy atom. The van der Waals surface area contributed by atoms with Crippen molar-refractivity contribution in [3.05, 3.63) is 35.4 Å². The molecule has 69 valence electrons. The van der Waals surface area contributed by atoms with Crippen molar-refractivity contribution in [3.63, 3.8) is 0 Å². The molecule has 1 fully saturated rings. The summed E-state index contributed by atoms with van der Waals surface area (Å²) in [5.74, 6) is 0.738. The summed E-state index contributed by atoms with van der Waals surface area (Å²) in [5.41, 5.74) is 2.70. The largest absolute Gasteiger partial charge is 0.317 e. The number of piperidine rings is 1. The quantitative estimate of drug-likeness (QED) is 0.688. The lowest BCUT2D eigenvalue weighted by molar-refractivity contribution is 0.460. The van der Waals surface area contributed by atoms with Crippen LogP contribution in [0, 0.1) is 13.0 Å². The van der Waals surface area contributed by atoms with Crippen molar-refractivity contribution in [2.45, 2.75) is 25.7 Å². The second-order valence-electron chi connectivity index (χ2n) is 3.85. The number of hydrogen-bond donors (Lipinski definition) is 1. The third kappa shape index (κ3) is 2.10. The minimum Gasteiger partial charge on any atom is -0.317 e. The highest BCUT2D eigenvalue weighted by Crippen LogP contribution is 2.24.